The van der Waals surface area contributed by atoms with E-state index in [-0.39, 0.29) is 0 Å². The summed E-state index contributed by atoms with van der Waals surface area (Å²) in [6.07, 6.45) is 0.964. The first-order valence-corrected chi connectivity index (χ1v) is 7.35. The van der Waals surface area contributed by atoms with E-state index in [2.05, 4.69) is 33.4 Å². The lowest BCUT2D eigenvalue weighted by Gasteiger charge is -2.06. The first-order valence-electron chi connectivity index (χ1n) is 5.30. The molecule has 0 amide bonds. The molecule has 0 unspecified atom stereocenters. The summed E-state index contributed by atoms with van der Waals surface area (Å²) >= 11 is 11.2. The molecule has 1 aromatic heterocycles. The van der Waals surface area contributed by atoms with Crippen LogP contribution in [-0.4, -0.2) is 6.61 Å². The lowest BCUT2D eigenvalue weighted by molar-refractivity contribution is 0.124. The third kappa shape index (κ3) is 4.11. The van der Waals surface area contributed by atoms with E-state index in [0.717, 1.165) is 28.1 Å². The predicted octanol–water partition coefficient (Wildman–Crippen LogP) is 4.92. The Labute approximate surface area is 119 Å². The van der Waals surface area contributed by atoms with Gasteiger partial charge in [0.1, 0.15) is 0 Å². The minimum Gasteiger partial charge on any atom is -0.376 e. The van der Waals surface area contributed by atoms with Crippen LogP contribution in [-0.2, 0) is 17.8 Å². The number of benzene rings is 1. The fraction of sp³-hybridized carbons (Fsp3) is 0.231. The Bertz CT molecular complexity index is 470. The molecule has 4 heteroatoms. The number of hydrogen-bond donors (Lipinski definition) is 0. The maximum Gasteiger partial charge on any atom is 0.0731 e. The lowest BCUT2D eigenvalue weighted by Crippen LogP contribution is -1.98. The van der Waals surface area contributed by atoms with Crippen molar-refractivity contribution in [1.82, 2.24) is 0 Å². The summed E-state index contributed by atoms with van der Waals surface area (Å²) < 4.78 is 6.61. The molecule has 1 heterocycles. The Kier molecular flexibility index (Phi) is 5.04. The quantitative estimate of drug-likeness (QED) is 0.706. The summed E-state index contributed by atoms with van der Waals surface area (Å²) in [6.45, 7) is 1.30. The van der Waals surface area contributed by atoms with E-state index in [1.54, 1.807) is 11.3 Å². The van der Waals surface area contributed by atoms with Crippen molar-refractivity contribution in [2.75, 3.05) is 6.61 Å². The summed E-state index contributed by atoms with van der Waals surface area (Å²) in [4.78, 5) is 1.35. The van der Waals surface area contributed by atoms with Crippen LogP contribution in [0.4, 0.5) is 0 Å². The van der Waals surface area contributed by atoms with Crippen molar-refractivity contribution < 1.29 is 4.74 Å². The maximum absolute atomic E-state index is 6.10. The second kappa shape index (κ2) is 6.55. The zero-order chi connectivity index (χ0) is 12.1. The lowest BCUT2D eigenvalue weighted by atomic mass is 10.2. The van der Waals surface area contributed by atoms with Crippen LogP contribution in [0.5, 0.6) is 0 Å². The summed E-state index contributed by atoms with van der Waals surface area (Å²) in [6, 6.07) is 10.0. The van der Waals surface area contributed by atoms with Crippen LogP contribution in [0.25, 0.3) is 0 Å². The fourth-order valence-electron chi connectivity index (χ4n) is 1.45. The summed E-state index contributed by atoms with van der Waals surface area (Å²) in [5, 5.41) is 2.83. The minimum absolute atomic E-state index is 0.567. The van der Waals surface area contributed by atoms with Crippen molar-refractivity contribution in [2.45, 2.75) is 13.0 Å². The van der Waals surface area contributed by atoms with Gasteiger partial charge in [0.15, 0.2) is 0 Å². The number of rotatable bonds is 5. The van der Waals surface area contributed by atoms with Crippen LogP contribution < -0.4 is 0 Å². The summed E-state index contributed by atoms with van der Waals surface area (Å²) in [5.41, 5.74) is 1.03. The zero-order valence-electron chi connectivity index (χ0n) is 9.16. The molecule has 0 saturated heterocycles. The average Bonchev–Trinajstić information content (AvgIpc) is 2.79. The van der Waals surface area contributed by atoms with Gasteiger partial charge in [-0.3, -0.25) is 0 Å². The Morgan fingerprint density at radius 2 is 2.18 bits per heavy atom. The molecule has 1 aromatic carbocycles. The highest BCUT2D eigenvalue weighted by Gasteiger charge is 2.01. The van der Waals surface area contributed by atoms with Crippen LogP contribution >= 0.6 is 38.9 Å². The molecular weight excluding hydrogens is 320 g/mol. The molecule has 0 aliphatic rings. The molecule has 1 nitrogen and oxygen atoms in total. The standard InChI is InChI=1S/C13H12BrClOS/c14-11-4-3-10(13(15)8-11)9-16-6-5-12-2-1-7-17-12/h1-4,7-8H,5-6,9H2. The van der Waals surface area contributed by atoms with Gasteiger partial charge in [0.25, 0.3) is 0 Å². The Hall–Kier alpha value is -0.350. The Morgan fingerprint density at radius 1 is 1.29 bits per heavy atom. The fourth-order valence-corrected chi connectivity index (χ4v) is 2.87. The third-order valence-corrected chi connectivity index (χ3v) is 4.13. The maximum atomic E-state index is 6.10. The van der Waals surface area contributed by atoms with E-state index in [1.165, 1.54) is 4.88 Å². The number of hydrogen-bond acceptors (Lipinski definition) is 2. The normalized spacial score (nSPS) is 10.7. The van der Waals surface area contributed by atoms with Gasteiger partial charge in [-0.1, -0.05) is 39.7 Å². The Balaban J connectivity index is 1.78. The highest BCUT2D eigenvalue weighted by atomic mass is 79.9. The van der Waals surface area contributed by atoms with Gasteiger partial charge in [-0.05, 0) is 29.1 Å². The average molecular weight is 332 g/mol. The molecule has 2 aromatic rings. The molecule has 0 spiro atoms. The largest absolute Gasteiger partial charge is 0.376 e. The van der Waals surface area contributed by atoms with E-state index in [0.29, 0.717) is 6.61 Å². The summed E-state index contributed by atoms with van der Waals surface area (Å²) in [7, 11) is 0. The summed E-state index contributed by atoms with van der Waals surface area (Å²) in [5.74, 6) is 0. The molecule has 0 atom stereocenters. The molecular formula is C13H12BrClOS. The highest BCUT2D eigenvalue weighted by molar-refractivity contribution is 9.10. The number of thiophene rings is 1. The van der Waals surface area contributed by atoms with Gasteiger partial charge in [0.2, 0.25) is 0 Å². The molecule has 0 radical (unpaired) electrons. The van der Waals surface area contributed by atoms with E-state index in [4.69, 9.17) is 16.3 Å². The van der Waals surface area contributed by atoms with Crippen molar-refractivity contribution >= 4 is 38.9 Å². The zero-order valence-corrected chi connectivity index (χ0v) is 12.3. The van der Waals surface area contributed by atoms with E-state index >= 15 is 0 Å². The van der Waals surface area contributed by atoms with Crippen LogP contribution in [0.1, 0.15) is 10.4 Å². The highest BCUT2D eigenvalue weighted by Crippen LogP contribution is 2.22. The molecule has 2 rings (SSSR count). The molecule has 0 aliphatic heterocycles. The smallest absolute Gasteiger partial charge is 0.0731 e. The monoisotopic (exact) mass is 330 g/mol. The second-order valence-corrected chi connectivity index (χ2v) is 5.97. The van der Waals surface area contributed by atoms with Crippen molar-refractivity contribution in [3.63, 3.8) is 0 Å². The topological polar surface area (TPSA) is 9.23 Å². The molecule has 0 fully saturated rings. The molecule has 17 heavy (non-hydrogen) atoms. The number of halogens is 2. The van der Waals surface area contributed by atoms with Crippen LogP contribution in [0.2, 0.25) is 5.02 Å². The van der Waals surface area contributed by atoms with Gasteiger partial charge in [-0.15, -0.1) is 11.3 Å². The van der Waals surface area contributed by atoms with Gasteiger partial charge >= 0.3 is 0 Å². The molecule has 0 saturated carbocycles. The molecule has 0 aliphatic carbocycles. The van der Waals surface area contributed by atoms with Crippen LogP contribution in [0.3, 0.4) is 0 Å². The van der Waals surface area contributed by atoms with Crippen molar-refractivity contribution in [1.29, 1.82) is 0 Å². The first-order chi connectivity index (χ1) is 8.25. The predicted molar refractivity (Wildman–Crippen MR) is 76.8 cm³/mol. The van der Waals surface area contributed by atoms with Crippen molar-refractivity contribution in [3.05, 3.63) is 55.6 Å². The SMILES string of the molecule is Clc1cc(Br)ccc1COCCc1cccs1. The minimum atomic E-state index is 0.567. The van der Waals surface area contributed by atoms with Gasteiger partial charge in [0, 0.05) is 20.8 Å². The Morgan fingerprint density at radius 3 is 2.88 bits per heavy atom. The van der Waals surface area contributed by atoms with E-state index < -0.39 is 0 Å². The third-order valence-electron chi connectivity index (χ3n) is 2.35. The van der Waals surface area contributed by atoms with Crippen molar-refractivity contribution in [3.8, 4) is 0 Å². The van der Waals surface area contributed by atoms with E-state index in [9.17, 15) is 0 Å². The first kappa shape index (κ1) is 13.1. The molecule has 90 valence electrons. The molecule has 0 N–H and O–H groups in total. The number of ether oxygens (including phenoxy) is 1. The van der Waals surface area contributed by atoms with Gasteiger partial charge in [0.05, 0.1) is 13.2 Å². The van der Waals surface area contributed by atoms with Crippen molar-refractivity contribution in [2.24, 2.45) is 0 Å². The van der Waals surface area contributed by atoms with Crippen LogP contribution in [0, 0.1) is 0 Å². The molecule has 0 bridgehead atoms. The van der Waals surface area contributed by atoms with Gasteiger partial charge < -0.3 is 4.74 Å². The van der Waals surface area contributed by atoms with Gasteiger partial charge in [-0.2, -0.15) is 0 Å². The van der Waals surface area contributed by atoms with E-state index in [1.807, 2.05) is 18.2 Å². The second-order valence-electron chi connectivity index (χ2n) is 3.62. The van der Waals surface area contributed by atoms with Gasteiger partial charge in [-0.25, -0.2) is 0 Å². The van der Waals surface area contributed by atoms with Crippen LogP contribution in [0.15, 0.2) is 40.2 Å².